The lowest BCUT2D eigenvalue weighted by Crippen LogP contribution is -2.13. The number of alkyl halides is 1. The SMILES string of the molecule is COC(=O)c1cccc(Cl)c1OCC(C)CF. The van der Waals surface area contributed by atoms with Gasteiger partial charge in [-0.3, -0.25) is 4.39 Å². The zero-order chi connectivity index (χ0) is 12.8. The Morgan fingerprint density at radius 3 is 2.82 bits per heavy atom. The molecular weight excluding hydrogens is 247 g/mol. The van der Waals surface area contributed by atoms with E-state index in [1.807, 2.05) is 0 Å². The first-order chi connectivity index (χ1) is 8.10. The van der Waals surface area contributed by atoms with Gasteiger partial charge in [0.1, 0.15) is 5.56 Å². The van der Waals surface area contributed by atoms with Crippen LogP contribution in [0.25, 0.3) is 0 Å². The molecule has 0 saturated heterocycles. The van der Waals surface area contributed by atoms with E-state index in [0.29, 0.717) is 5.02 Å². The highest BCUT2D eigenvalue weighted by molar-refractivity contribution is 6.32. The molecule has 0 aliphatic carbocycles. The Balaban J connectivity index is 2.92. The topological polar surface area (TPSA) is 35.5 Å². The molecule has 1 aromatic carbocycles. The summed E-state index contributed by atoms with van der Waals surface area (Å²) in [4.78, 5) is 11.5. The van der Waals surface area contributed by atoms with Crippen LogP contribution in [0, 0.1) is 5.92 Å². The molecule has 0 aliphatic heterocycles. The molecule has 94 valence electrons. The first kappa shape index (κ1) is 13.8. The number of para-hydroxylation sites is 1. The van der Waals surface area contributed by atoms with Gasteiger partial charge in [0.05, 0.1) is 25.4 Å². The van der Waals surface area contributed by atoms with Gasteiger partial charge in [-0.05, 0) is 12.1 Å². The Kier molecular flexibility index (Phi) is 5.22. The molecule has 1 aromatic rings. The third kappa shape index (κ3) is 3.60. The minimum Gasteiger partial charge on any atom is -0.491 e. The van der Waals surface area contributed by atoms with Crippen LogP contribution in [0.2, 0.25) is 5.02 Å². The van der Waals surface area contributed by atoms with Crippen molar-refractivity contribution in [3.8, 4) is 5.75 Å². The largest absolute Gasteiger partial charge is 0.491 e. The van der Waals surface area contributed by atoms with Gasteiger partial charge in [0.25, 0.3) is 0 Å². The number of halogens is 2. The fourth-order valence-electron chi connectivity index (χ4n) is 1.20. The lowest BCUT2D eigenvalue weighted by molar-refractivity contribution is 0.0595. The molecule has 1 unspecified atom stereocenters. The highest BCUT2D eigenvalue weighted by Crippen LogP contribution is 2.29. The van der Waals surface area contributed by atoms with Crippen molar-refractivity contribution in [2.75, 3.05) is 20.4 Å². The summed E-state index contributed by atoms with van der Waals surface area (Å²) >= 11 is 5.93. The zero-order valence-corrected chi connectivity index (χ0v) is 10.5. The first-order valence-corrected chi connectivity index (χ1v) is 5.53. The molecule has 1 atom stereocenters. The van der Waals surface area contributed by atoms with E-state index in [4.69, 9.17) is 16.3 Å². The Hall–Kier alpha value is -1.29. The summed E-state index contributed by atoms with van der Waals surface area (Å²) in [5.74, 6) is -0.548. The van der Waals surface area contributed by atoms with Crippen molar-refractivity contribution in [2.24, 2.45) is 5.92 Å². The second kappa shape index (κ2) is 6.45. The summed E-state index contributed by atoms with van der Waals surface area (Å²) in [6.07, 6.45) is 0. The molecule has 3 nitrogen and oxygen atoms in total. The van der Waals surface area contributed by atoms with Gasteiger partial charge in [-0.15, -0.1) is 0 Å². The van der Waals surface area contributed by atoms with E-state index in [-0.39, 0.29) is 23.8 Å². The number of carbonyl (C=O) groups excluding carboxylic acids is 1. The van der Waals surface area contributed by atoms with Gasteiger partial charge in [-0.1, -0.05) is 24.6 Å². The van der Waals surface area contributed by atoms with Gasteiger partial charge in [0.15, 0.2) is 5.75 Å². The molecule has 5 heteroatoms. The summed E-state index contributed by atoms with van der Waals surface area (Å²) in [6, 6.07) is 4.77. The normalized spacial score (nSPS) is 12.0. The molecular formula is C12H14ClFO3. The van der Waals surface area contributed by atoms with Gasteiger partial charge < -0.3 is 9.47 Å². The number of ether oxygens (including phenoxy) is 2. The highest BCUT2D eigenvalue weighted by Gasteiger charge is 2.16. The molecule has 0 bridgehead atoms. The van der Waals surface area contributed by atoms with Crippen molar-refractivity contribution in [3.05, 3.63) is 28.8 Å². The molecule has 0 N–H and O–H groups in total. The van der Waals surface area contributed by atoms with Crippen molar-refractivity contribution < 1.29 is 18.7 Å². The summed E-state index contributed by atoms with van der Waals surface area (Å²) in [5.41, 5.74) is 0.242. The zero-order valence-electron chi connectivity index (χ0n) is 9.70. The Morgan fingerprint density at radius 1 is 1.53 bits per heavy atom. The van der Waals surface area contributed by atoms with Gasteiger partial charge in [-0.25, -0.2) is 4.79 Å². The van der Waals surface area contributed by atoms with Crippen molar-refractivity contribution in [1.82, 2.24) is 0 Å². The number of carbonyl (C=O) groups is 1. The number of rotatable bonds is 5. The van der Waals surface area contributed by atoms with Crippen molar-refractivity contribution in [2.45, 2.75) is 6.92 Å². The summed E-state index contributed by atoms with van der Waals surface area (Å²) in [7, 11) is 1.28. The lowest BCUT2D eigenvalue weighted by atomic mass is 10.2. The Morgan fingerprint density at radius 2 is 2.24 bits per heavy atom. The number of methoxy groups -OCH3 is 1. The Bertz CT molecular complexity index is 395. The van der Waals surface area contributed by atoms with E-state index in [1.165, 1.54) is 7.11 Å². The minimum atomic E-state index is -0.532. The van der Waals surface area contributed by atoms with E-state index in [9.17, 15) is 9.18 Å². The van der Waals surface area contributed by atoms with Crippen LogP contribution in [-0.4, -0.2) is 26.4 Å². The lowest BCUT2D eigenvalue weighted by Gasteiger charge is -2.13. The van der Waals surface area contributed by atoms with Crippen LogP contribution in [0.5, 0.6) is 5.75 Å². The van der Waals surface area contributed by atoms with Crippen LogP contribution in [0.4, 0.5) is 4.39 Å². The molecule has 0 radical (unpaired) electrons. The van der Waals surface area contributed by atoms with Crippen molar-refractivity contribution in [1.29, 1.82) is 0 Å². The molecule has 0 fully saturated rings. The summed E-state index contributed by atoms with van der Waals surface area (Å²) in [5, 5.41) is 0.305. The Labute approximate surface area is 104 Å². The van der Waals surface area contributed by atoms with Gasteiger partial charge in [-0.2, -0.15) is 0 Å². The predicted molar refractivity (Wildman–Crippen MR) is 63.4 cm³/mol. The fourth-order valence-corrected chi connectivity index (χ4v) is 1.43. The standard InChI is InChI=1S/C12H14ClFO3/c1-8(6-14)7-17-11-9(12(15)16-2)4-3-5-10(11)13/h3-5,8H,6-7H2,1-2H3. The molecule has 0 heterocycles. The van der Waals surface area contributed by atoms with E-state index in [2.05, 4.69) is 4.74 Å². The van der Waals surface area contributed by atoms with Crippen molar-refractivity contribution >= 4 is 17.6 Å². The number of hydrogen-bond donors (Lipinski definition) is 0. The maximum atomic E-state index is 12.3. The first-order valence-electron chi connectivity index (χ1n) is 5.15. The smallest absolute Gasteiger partial charge is 0.341 e. The third-order valence-electron chi connectivity index (χ3n) is 2.15. The average molecular weight is 261 g/mol. The van der Waals surface area contributed by atoms with E-state index >= 15 is 0 Å². The minimum absolute atomic E-state index is 0.157. The monoisotopic (exact) mass is 260 g/mol. The van der Waals surface area contributed by atoms with Crippen LogP contribution in [-0.2, 0) is 4.74 Å². The summed E-state index contributed by atoms with van der Waals surface area (Å²) in [6.45, 7) is 1.37. The highest BCUT2D eigenvalue weighted by atomic mass is 35.5. The fraction of sp³-hybridized carbons (Fsp3) is 0.417. The predicted octanol–water partition coefficient (Wildman–Crippen LogP) is 3.11. The summed E-state index contributed by atoms with van der Waals surface area (Å²) < 4.78 is 22.3. The van der Waals surface area contributed by atoms with Crippen LogP contribution >= 0.6 is 11.6 Å². The maximum absolute atomic E-state index is 12.3. The van der Waals surface area contributed by atoms with Gasteiger partial charge >= 0.3 is 5.97 Å². The second-order valence-electron chi connectivity index (χ2n) is 3.68. The van der Waals surface area contributed by atoms with Crippen molar-refractivity contribution in [3.63, 3.8) is 0 Å². The molecule has 0 aromatic heterocycles. The molecule has 0 spiro atoms. The number of hydrogen-bond acceptors (Lipinski definition) is 3. The molecule has 0 saturated carbocycles. The third-order valence-corrected chi connectivity index (χ3v) is 2.45. The van der Waals surface area contributed by atoms with Crippen LogP contribution < -0.4 is 4.74 Å². The van der Waals surface area contributed by atoms with E-state index in [0.717, 1.165) is 0 Å². The average Bonchev–Trinajstić information content (AvgIpc) is 2.35. The molecule has 0 aliphatic rings. The van der Waals surface area contributed by atoms with Crippen LogP contribution in [0.15, 0.2) is 18.2 Å². The van der Waals surface area contributed by atoms with Gasteiger partial charge in [0.2, 0.25) is 0 Å². The maximum Gasteiger partial charge on any atom is 0.341 e. The molecule has 0 amide bonds. The van der Waals surface area contributed by atoms with E-state index in [1.54, 1.807) is 25.1 Å². The van der Waals surface area contributed by atoms with Gasteiger partial charge in [0, 0.05) is 5.92 Å². The number of benzene rings is 1. The second-order valence-corrected chi connectivity index (χ2v) is 4.09. The van der Waals surface area contributed by atoms with Crippen LogP contribution in [0.1, 0.15) is 17.3 Å². The quantitative estimate of drug-likeness (QED) is 0.763. The number of esters is 1. The van der Waals surface area contributed by atoms with Crippen LogP contribution in [0.3, 0.4) is 0 Å². The molecule has 1 rings (SSSR count). The molecule has 17 heavy (non-hydrogen) atoms. The van der Waals surface area contributed by atoms with E-state index < -0.39 is 12.6 Å².